The standard InChI is InChI=1S/C19H17ClN2O6/c1-12-2-4-13(5-3-12)17(23)8-9-19(25)28-11-18(24)21-15-10-14(20)6-7-16(15)22(26)27/h2-7,10H,8-9,11H2,1H3,(H,21,24). The molecule has 1 amide bonds. The van der Waals surface area contributed by atoms with E-state index in [0.29, 0.717) is 5.56 Å². The highest BCUT2D eigenvalue weighted by molar-refractivity contribution is 6.31. The minimum absolute atomic E-state index is 0.0523. The topological polar surface area (TPSA) is 116 Å². The highest BCUT2D eigenvalue weighted by Crippen LogP contribution is 2.27. The summed E-state index contributed by atoms with van der Waals surface area (Å²) in [6, 6.07) is 10.6. The molecule has 1 N–H and O–H groups in total. The summed E-state index contributed by atoms with van der Waals surface area (Å²) >= 11 is 5.77. The maximum absolute atomic E-state index is 12.0. The van der Waals surface area contributed by atoms with Crippen molar-refractivity contribution in [3.63, 3.8) is 0 Å². The normalized spacial score (nSPS) is 10.2. The van der Waals surface area contributed by atoms with Gasteiger partial charge in [-0.2, -0.15) is 0 Å². The van der Waals surface area contributed by atoms with Crippen molar-refractivity contribution in [3.05, 3.63) is 68.7 Å². The zero-order chi connectivity index (χ0) is 20.7. The third kappa shape index (κ3) is 6.17. The molecule has 0 aliphatic carbocycles. The molecule has 2 aromatic carbocycles. The average molecular weight is 405 g/mol. The summed E-state index contributed by atoms with van der Waals surface area (Å²) in [5.74, 6) is -1.70. The van der Waals surface area contributed by atoms with Gasteiger partial charge in [0, 0.05) is 23.1 Å². The fourth-order valence-electron chi connectivity index (χ4n) is 2.27. The maximum atomic E-state index is 12.0. The number of ether oxygens (including phenoxy) is 1. The number of anilines is 1. The molecule has 0 spiro atoms. The van der Waals surface area contributed by atoms with Gasteiger partial charge in [0.05, 0.1) is 11.3 Å². The molecule has 0 saturated heterocycles. The Morgan fingerprint density at radius 3 is 2.43 bits per heavy atom. The Morgan fingerprint density at radius 1 is 1.11 bits per heavy atom. The monoisotopic (exact) mass is 404 g/mol. The fourth-order valence-corrected chi connectivity index (χ4v) is 2.44. The molecule has 0 fully saturated rings. The summed E-state index contributed by atoms with van der Waals surface area (Å²) in [6.07, 6.45) is -0.236. The second-order valence-electron chi connectivity index (χ2n) is 5.92. The molecule has 0 aromatic heterocycles. The Hall–Kier alpha value is -3.26. The minimum Gasteiger partial charge on any atom is -0.456 e. The summed E-state index contributed by atoms with van der Waals surface area (Å²) in [5.41, 5.74) is 1.06. The molecule has 28 heavy (non-hydrogen) atoms. The van der Waals surface area contributed by atoms with E-state index in [1.807, 2.05) is 6.92 Å². The lowest BCUT2D eigenvalue weighted by atomic mass is 10.1. The van der Waals surface area contributed by atoms with Crippen LogP contribution in [0.2, 0.25) is 5.02 Å². The predicted octanol–water partition coefficient (Wildman–Crippen LogP) is 3.70. The van der Waals surface area contributed by atoms with E-state index in [9.17, 15) is 24.5 Å². The molecular weight excluding hydrogens is 388 g/mol. The van der Waals surface area contributed by atoms with Gasteiger partial charge in [-0.1, -0.05) is 41.4 Å². The van der Waals surface area contributed by atoms with Crippen LogP contribution in [0.15, 0.2) is 42.5 Å². The summed E-state index contributed by atoms with van der Waals surface area (Å²) < 4.78 is 4.81. The number of esters is 1. The zero-order valence-corrected chi connectivity index (χ0v) is 15.7. The molecule has 0 aliphatic heterocycles. The van der Waals surface area contributed by atoms with Crippen LogP contribution in [0, 0.1) is 17.0 Å². The number of hydrogen-bond acceptors (Lipinski definition) is 6. The predicted molar refractivity (Wildman–Crippen MR) is 102 cm³/mol. The van der Waals surface area contributed by atoms with Crippen LogP contribution in [-0.2, 0) is 14.3 Å². The first-order valence-electron chi connectivity index (χ1n) is 8.25. The molecule has 146 valence electrons. The number of hydrogen-bond donors (Lipinski definition) is 1. The van der Waals surface area contributed by atoms with Crippen LogP contribution in [0.5, 0.6) is 0 Å². The number of ketones is 1. The largest absolute Gasteiger partial charge is 0.456 e. The smallest absolute Gasteiger partial charge is 0.306 e. The minimum atomic E-state index is -0.761. The quantitative estimate of drug-likeness (QED) is 0.310. The highest BCUT2D eigenvalue weighted by Gasteiger charge is 2.17. The number of rotatable bonds is 8. The third-order valence-corrected chi connectivity index (χ3v) is 3.96. The van der Waals surface area contributed by atoms with E-state index in [1.54, 1.807) is 24.3 Å². The van der Waals surface area contributed by atoms with Gasteiger partial charge in [0.25, 0.3) is 11.6 Å². The summed E-state index contributed by atoms with van der Waals surface area (Å²) in [6.45, 7) is 1.26. The van der Waals surface area contributed by atoms with Crippen LogP contribution < -0.4 is 5.32 Å². The van der Waals surface area contributed by atoms with Gasteiger partial charge in [-0.15, -0.1) is 0 Å². The van der Waals surface area contributed by atoms with E-state index in [0.717, 1.165) is 11.6 Å². The van der Waals surface area contributed by atoms with Gasteiger partial charge in [-0.25, -0.2) is 0 Å². The molecule has 0 unspecified atom stereocenters. The van der Waals surface area contributed by atoms with Crippen molar-refractivity contribution in [3.8, 4) is 0 Å². The Bertz CT molecular complexity index is 911. The molecule has 2 aromatic rings. The number of benzene rings is 2. The Kier molecular flexibility index (Phi) is 7.22. The van der Waals surface area contributed by atoms with Crippen molar-refractivity contribution >= 4 is 40.6 Å². The van der Waals surface area contributed by atoms with Gasteiger partial charge in [-0.3, -0.25) is 24.5 Å². The molecule has 8 nitrogen and oxygen atoms in total. The lowest BCUT2D eigenvalue weighted by Gasteiger charge is -2.07. The number of nitrogens with zero attached hydrogens (tertiary/aromatic N) is 1. The van der Waals surface area contributed by atoms with Crippen molar-refractivity contribution in [2.24, 2.45) is 0 Å². The molecule has 0 radical (unpaired) electrons. The number of halogens is 1. The molecule has 0 heterocycles. The van der Waals surface area contributed by atoms with Crippen LogP contribution in [-0.4, -0.2) is 29.2 Å². The lowest BCUT2D eigenvalue weighted by Crippen LogP contribution is -2.21. The van der Waals surface area contributed by atoms with Crippen molar-refractivity contribution in [1.29, 1.82) is 0 Å². The number of aryl methyl sites for hydroxylation is 1. The summed E-state index contributed by atoms with van der Waals surface area (Å²) in [4.78, 5) is 45.9. The Balaban J connectivity index is 1.82. The van der Waals surface area contributed by atoms with Crippen LogP contribution in [0.3, 0.4) is 0 Å². The molecule has 0 bridgehead atoms. The Morgan fingerprint density at radius 2 is 1.79 bits per heavy atom. The fraction of sp³-hybridized carbons (Fsp3) is 0.211. The number of amides is 1. The SMILES string of the molecule is Cc1ccc(C(=O)CCC(=O)OCC(=O)Nc2cc(Cl)ccc2[N+](=O)[O-])cc1. The first-order chi connectivity index (χ1) is 13.3. The number of nitro groups is 1. The molecule has 2 rings (SSSR count). The van der Waals surface area contributed by atoms with Crippen LogP contribution >= 0.6 is 11.6 Å². The van der Waals surface area contributed by atoms with Gasteiger partial charge in [0.2, 0.25) is 0 Å². The molecule has 0 saturated carbocycles. The lowest BCUT2D eigenvalue weighted by molar-refractivity contribution is -0.383. The van der Waals surface area contributed by atoms with Crippen molar-refractivity contribution < 1.29 is 24.0 Å². The van der Waals surface area contributed by atoms with E-state index in [2.05, 4.69) is 5.32 Å². The zero-order valence-electron chi connectivity index (χ0n) is 14.9. The summed E-state index contributed by atoms with van der Waals surface area (Å²) in [5, 5.41) is 13.4. The third-order valence-electron chi connectivity index (χ3n) is 3.72. The number of Topliss-reactive ketones (excluding diaryl/α,β-unsaturated/α-hetero) is 1. The van der Waals surface area contributed by atoms with Crippen LogP contribution in [0.1, 0.15) is 28.8 Å². The number of nitro benzene ring substituents is 1. The first kappa shape index (κ1) is 21.0. The van der Waals surface area contributed by atoms with Gasteiger partial charge in [-0.05, 0) is 19.1 Å². The van der Waals surface area contributed by atoms with E-state index in [1.165, 1.54) is 12.1 Å². The maximum Gasteiger partial charge on any atom is 0.306 e. The highest BCUT2D eigenvalue weighted by atomic mass is 35.5. The van der Waals surface area contributed by atoms with Gasteiger partial charge in [0.15, 0.2) is 12.4 Å². The first-order valence-corrected chi connectivity index (χ1v) is 8.63. The van der Waals surface area contributed by atoms with E-state index in [-0.39, 0.29) is 35.0 Å². The Labute approximate surface area is 165 Å². The van der Waals surface area contributed by atoms with Crippen molar-refractivity contribution in [1.82, 2.24) is 0 Å². The summed E-state index contributed by atoms with van der Waals surface area (Å²) in [7, 11) is 0. The van der Waals surface area contributed by atoms with E-state index >= 15 is 0 Å². The van der Waals surface area contributed by atoms with Crippen LogP contribution in [0.4, 0.5) is 11.4 Å². The van der Waals surface area contributed by atoms with Gasteiger partial charge < -0.3 is 10.1 Å². The second kappa shape index (κ2) is 9.61. The van der Waals surface area contributed by atoms with Gasteiger partial charge in [0.1, 0.15) is 5.69 Å². The van der Waals surface area contributed by atoms with Gasteiger partial charge >= 0.3 is 5.97 Å². The van der Waals surface area contributed by atoms with E-state index < -0.39 is 23.4 Å². The number of nitrogens with one attached hydrogen (secondary N) is 1. The number of carbonyl (C=O) groups excluding carboxylic acids is 3. The van der Waals surface area contributed by atoms with Crippen molar-refractivity contribution in [2.45, 2.75) is 19.8 Å². The van der Waals surface area contributed by atoms with E-state index in [4.69, 9.17) is 16.3 Å². The molecule has 9 heteroatoms. The molecule has 0 atom stereocenters. The average Bonchev–Trinajstić information content (AvgIpc) is 2.64. The second-order valence-corrected chi connectivity index (χ2v) is 6.35. The van der Waals surface area contributed by atoms with Crippen molar-refractivity contribution in [2.75, 3.05) is 11.9 Å². The number of carbonyl (C=O) groups is 3. The molecule has 0 aliphatic rings. The van der Waals surface area contributed by atoms with Crippen LogP contribution in [0.25, 0.3) is 0 Å². The molecular formula is C19H17ClN2O6.